The third kappa shape index (κ3) is 12.8. The van der Waals surface area contributed by atoms with Gasteiger partial charge in [0.2, 0.25) is 0 Å². The van der Waals surface area contributed by atoms with Gasteiger partial charge in [0.1, 0.15) is 0 Å². The van der Waals surface area contributed by atoms with Crippen LogP contribution in [0, 0.1) is 0 Å². The fraction of sp³-hybridized carbons (Fsp3) is 1.00. The standard InChI is InChI=1S/C32H37F31O9Si/c1-64-5-8-67-11-14-70-73(71-15-12-68-9-6-65-2,72-16-13-69-10-7-66-3)17-4-18(33,34)19(35,36)20(37,38)21(39,40)22(41,42)23(43,44)24(45,46)25(47,48)26(49,50)27(51,52)28(53,54)29(55,56)30(57,58)31(59,60)32(61,62)63/h4-17H2,1-3H3. The first-order valence-electron chi connectivity index (χ1n) is 18.9. The molecule has 0 aromatic carbocycles. The maximum atomic E-state index is 15.2. The summed E-state index contributed by atoms with van der Waals surface area (Å²) in [5.74, 6) is -133. The Hall–Kier alpha value is -2.31. The van der Waals surface area contributed by atoms with Gasteiger partial charge in [-0.3, -0.25) is 0 Å². The van der Waals surface area contributed by atoms with Crippen LogP contribution in [0.3, 0.4) is 0 Å². The van der Waals surface area contributed by atoms with Crippen molar-refractivity contribution in [3.05, 3.63) is 0 Å². The van der Waals surface area contributed by atoms with Crippen LogP contribution in [0.25, 0.3) is 0 Å². The van der Waals surface area contributed by atoms with Gasteiger partial charge in [-0.05, 0) is 0 Å². The lowest BCUT2D eigenvalue weighted by Crippen LogP contribution is -2.79. The fourth-order valence-corrected chi connectivity index (χ4v) is 7.37. The second-order valence-corrected chi connectivity index (χ2v) is 16.9. The molecule has 0 radical (unpaired) electrons. The van der Waals surface area contributed by atoms with Crippen LogP contribution in [0.5, 0.6) is 0 Å². The van der Waals surface area contributed by atoms with Crippen LogP contribution in [0.2, 0.25) is 6.04 Å². The van der Waals surface area contributed by atoms with Gasteiger partial charge in [-0.1, -0.05) is 0 Å². The highest BCUT2D eigenvalue weighted by atomic mass is 28.4. The Morgan fingerprint density at radius 2 is 0.438 bits per heavy atom. The molecule has 0 saturated carbocycles. The van der Waals surface area contributed by atoms with E-state index in [9.17, 15) is 127 Å². The average Bonchev–Trinajstić information content (AvgIpc) is 3.25. The number of rotatable bonds is 37. The minimum atomic E-state index is -10.2. The van der Waals surface area contributed by atoms with Crippen molar-refractivity contribution in [3.63, 3.8) is 0 Å². The molecule has 41 heteroatoms. The lowest BCUT2D eigenvalue weighted by atomic mass is 9.83. The maximum absolute atomic E-state index is 15.2. The van der Waals surface area contributed by atoms with E-state index in [4.69, 9.17) is 27.5 Å². The average molecular weight is 1180 g/mol. The number of alkyl halides is 31. The highest BCUT2D eigenvalue weighted by molar-refractivity contribution is 6.60. The normalized spacial score (nSPS) is 15.7. The van der Waals surface area contributed by atoms with E-state index in [2.05, 4.69) is 14.2 Å². The summed E-state index contributed by atoms with van der Waals surface area (Å²) in [6.45, 7) is -6.21. The van der Waals surface area contributed by atoms with E-state index in [0.29, 0.717) is 0 Å². The van der Waals surface area contributed by atoms with E-state index >= 15 is 8.78 Å². The molecule has 0 spiro atoms. The Balaban J connectivity index is 7.50. The van der Waals surface area contributed by atoms with Gasteiger partial charge >= 0.3 is 97.9 Å². The predicted molar refractivity (Wildman–Crippen MR) is 176 cm³/mol. The van der Waals surface area contributed by atoms with Crippen LogP contribution in [0.1, 0.15) is 6.42 Å². The van der Waals surface area contributed by atoms with Crippen molar-refractivity contribution in [1.29, 1.82) is 0 Å². The summed E-state index contributed by atoms with van der Waals surface area (Å²) in [6, 6.07) is -2.14. The van der Waals surface area contributed by atoms with Crippen molar-refractivity contribution in [2.75, 3.05) is 101 Å². The summed E-state index contributed by atoms with van der Waals surface area (Å²) in [7, 11) is -1.94. The van der Waals surface area contributed by atoms with Crippen LogP contribution >= 0.6 is 0 Å². The van der Waals surface area contributed by atoms with Crippen molar-refractivity contribution in [2.24, 2.45) is 0 Å². The third-order valence-corrected chi connectivity index (χ3v) is 12.0. The molecule has 0 saturated heterocycles. The first kappa shape index (κ1) is 70.7. The quantitative estimate of drug-likeness (QED) is 0.0343. The molecule has 0 aliphatic rings. The van der Waals surface area contributed by atoms with E-state index < -0.39 is 150 Å². The van der Waals surface area contributed by atoms with Gasteiger partial charge in [0.25, 0.3) is 0 Å². The largest absolute Gasteiger partial charge is 0.501 e. The first-order valence-corrected chi connectivity index (χ1v) is 20.8. The fourth-order valence-electron chi connectivity index (χ4n) is 4.89. The van der Waals surface area contributed by atoms with Crippen molar-refractivity contribution in [1.82, 2.24) is 0 Å². The molecule has 0 bridgehead atoms. The minimum Gasteiger partial charge on any atom is -0.382 e. The summed E-state index contributed by atoms with van der Waals surface area (Å²) in [5.41, 5.74) is 0. The monoisotopic (exact) mass is 1180 g/mol. The van der Waals surface area contributed by atoms with E-state index in [1.165, 1.54) is 0 Å². The molecule has 0 atom stereocenters. The highest BCUT2D eigenvalue weighted by Crippen LogP contribution is 2.69. The second kappa shape index (κ2) is 24.1. The van der Waals surface area contributed by atoms with Gasteiger partial charge in [0.05, 0.1) is 79.3 Å². The lowest BCUT2D eigenvalue weighted by molar-refractivity contribution is -0.489. The Kier molecular flexibility index (Phi) is 23.4. The van der Waals surface area contributed by atoms with E-state index in [1.54, 1.807) is 0 Å². The van der Waals surface area contributed by atoms with Gasteiger partial charge in [-0.25, -0.2) is 0 Å². The van der Waals surface area contributed by atoms with Gasteiger partial charge in [0.15, 0.2) is 0 Å². The smallest absolute Gasteiger partial charge is 0.382 e. The first-order chi connectivity index (χ1) is 32.4. The molecule has 0 heterocycles. The van der Waals surface area contributed by atoms with E-state index in [-0.39, 0.29) is 39.6 Å². The zero-order valence-electron chi connectivity index (χ0n) is 36.3. The molecule has 0 aromatic heterocycles. The SMILES string of the molecule is COCCOCCO[Si](CCC(F)(F)C(F)(F)C(F)(F)C(F)(F)C(F)(F)C(F)(F)C(F)(F)C(F)(F)C(F)(F)C(F)(F)C(F)(F)C(F)(F)C(F)(F)C(F)(F)C(F)(F)F)(OCCOCCOC)OCCOCCOC. The number of ether oxygens (including phenoxy) is 6. The molecule has 0 aliphatic heterocycles. The van der Waals surface area contributed by atoms with Gasteiger partial charge < -0.3 is 41.7 Å². The molecule has 0 fully saturated rings. The molecule has 9 nitrogen and oxygen atoms in total. The Morgan fingerprint density at radius 1 is 0.247 bits per heavy atom. The Bertz CT molecular complexity index is 1640. The molecule has 0 amide bonds. The van der Waals surface area contributed by atoms with Crippen LogP contribution in [-0.4, -0.2) is 199 Å². The topological polar surface area (TPSA) is 83.1 Å². The summed E-state index contributed by atoms with van der Waals surface area (Å²) in [5, 5.41) is 0. The lowest BCUT2D eigenvalue weighted by Gasteiger charge is -2.46. The van der Waals surface area contributed by atoms with Crippen molar-refractivity contribution >= 4 is 8.80 Å². The van der Waals surface area contributed by atoms with Crippen LogP contribution in [0.15, 0.2) is 0 Å². The molecule has 0 aromatic rings. The zero-order chi connectivity index (χ0) is 58.3. The molecule has 0 rings (SSSR count). The molecule has 440 valence electrons. The van der Waals surface area contributed by atoms with Crippen LogP contribution < -0.4 is 0 Å². The van der Waals surface area contributed by atoms with Gasteiger partial charge in [-0.15, -0.1) is 0 Å². The summed E-state index contributed by atoms with van der Waals surface area (Å²) >= 11 is 0. The molecule has 73 heavy (non-hydrogen) atoms. The molecule has 0 aliphatic carbocycles. The van der Waals surface area contributed by atoms with E-state index in [0.717, 1.165) is 21.3 Å². The zero-order valence-corrected chi connectivity index (χ0v) is 37.3. The Labute approximate surface area is 389 Å². The van der Waals surface area contributed by atoms with Crippen LogP contribution in [-0.2, 0) is 41.7 Å². The molecule has 0 N–H and O–H groups in total. The van der Waals surface area contributed by atoms with Gasteiger partial charge in [0, 0.05) is 33.8 Å². The maximum Gasteiger partial charge on any atom is 0.501 e. The minimum absolute atomic E-state index is 0.159. The number of methoxy groups -OCH3 is 3. The van der Waals surface area contributed by atoms with E-state index in [1.807, 2.05) is 0 Å². The number of hydrogen-bond donors (Lipinski definition) is 0. The third-order valence-electron chi connectivity index (χ3n) is 9.24. The van der Waals surface area contributed by atoms with Crippen molar-refractivity contribution < 1.29 is 178 Å². The molecular formula is C32H37F31O9Si. The van der Waals surface area contributed by atoms with Crippen LogP contribution in [0.4, 0.5) is 136 Å². The molecular weight excluding hydrogens is 1150 g/mol. The highest BCUT2D eigenvalue weighted by Gasteiger charge is 3.01. The number of halogens is 31. The summed E-state index contributed by atoms with van der Waals surface area (Å²) in [4.78, 5) is 0. The predicted octanol–water partition coefficient (Wildman–Crippen LogP) is 10.8. The van der Waals surface area contributed by atoms with Gasteiger partial charge in [-0.2, -0.15) is 136 Å². The Morgan fingerprint density at radius 3 is 0.644 bits per heavy atom. The van der Waals surface area contributed by atoms with Crippen molar-refractivity contribution in [2.45, 2.75) is 102 Å². The number of hydrogen-bond acceptors (Lipinski definition) is 9. The second-order valence-electron chi connectivity index (χ2n) is 14.2. The summed E-state index contributed by atoms with van der Waals surface area (Å²) < 4.78 is 481. The summed E-state index contributed by atoms with van der Waals surface area (Å²) in [6.07, 6.45) is -11.6. The molecule has 0 unspecified atom stereocenters. The van der Waals surface area contributed by atoms with Crippen molar-refractivity contribution in [3.8, 4) is 0 Å².